The number of carbonyl (C=O) groups excluding carboxylic acids is 4. The van der Waals surface area contributed by atoms with Gasteiger partial charge in [-0.25, -0.2) is 19.7 Å². The van der Waals surface area contributed by atoms with Crippen LogP contribution in [-0.4, -0.2) is 101 Å². The van der Waals surface area contributed by atoms with Crippen LogP contribution in [0.4, 0.5) is 16.4 Å². The van der Waals surface area contributed by atoms with Crippen molar-refractivity contribution in [2.75, 3.05) is 56.3 Å². The van der Waals surface area contributed by atoms with Gasteiger partial charge in [-0.05, 0) is 95.4 Å². The van der Waals surface area contributed by atoms with Crippen molar-refractivity contribution in [1.82, 2.24) is 25.1 Å². The number of aliphatic hydroxyl groups excluding tert-OH is 1. The number of rotatable bonds is 11. The molecule has 6 aromatic carbocycles. The molecular weight excluding hydrogens is 959 g/mol. The van der Waals surface area contributed by atoms with Gasteiger partial charge in [-0.15, -0.1) is 0 Å². The Balaban J connectivity index is 1.17. The second-order valence-electron chi connectivity index (χ2n) is 19.2. The lowest BCUT2D eigenvalue weighted by Gasteiger charge is -2.46. The number of methoxy groups -OCH3 is 1. The van der Waals surface area contributed by atoms with E-state index in [0.29, 0.717) is 58.4 Å². The summed E-state index contributed by atoms with van der Waals surface area (Å²) in [5, 5.41) is 13.0. The Labute approximate surface area is 440 Å². The maximum Gasteiger partial charge on any atom is 0.329 e. The van der Waals surface area contributed by atoms with Gasteiger partial charge < -0.3 is 34.4 Å². The van der Waals surface area contributed by atoms with Gasteiger partial charge in [0.15, 0.2) is 0 Å². The highest BCUT2D eigenvalue weighted by atomic mass is 16.6. The van der Waals surface area contributed by atoms with E-state index in [0.717, 1.165) is 16.0 Å². The fourth-order valence-corrected chi connectivity index (χ4v) is 11.6. The number of carbonyl (C=O) groups is 4. The van der Waals surface area contributed by atoms with Crippen molar-refractivity contribution in [3.63, 3.8) is 0 Å². The maximum atomic E-state index is 17.0. The van der Waals surface area contributed by atoms with Gasteiger partial charge in [0.05, 0.1) is 43.4 Å². The monoisotopic (exact) mass is 1010 g/mol. The lowest BCUT2D eigenvalue weighted by molar-refractivity contribution is -0.179. The first-order chi connectivity index (χ1) is 37.2. The predicted octanol–water partition coefficient (Wildman–Crippen LogP) is 7.74. The highest BCUT2D eigenvalue weighted by molar-refractivity contribution is 6.24. The average molecular weight is 1010 g/mol. The Morgan fingerprint density at radius 1 is 0.737 bits per heavy atom. The van der Waals surface area contributed by atoms with Crippen LogP contribution in [0.5, 0.6) is 11.5 Å². The molecule has 1 spiro atoms. The van der Waals surface area contributed by atoms with E-state index < -0.39 is 65.4 Å². The number of amides is 4. The summed E-state index contributed by atoms with van der Waals surface area (Å²) in [6.45, 7) is 2.72. The lowest BCUT2D eigenvalue weighted by atomic mass is 9.64. The van der Waals surface area contributed by atoms with Gasteiger partial charge in [0.1, 0.15) is 35.7 Å². The summed E-state index contributed by atoms with van der Waals surface area (Å²) in [5.74, 6) is 4.80. The number of aromatic nitrogens is 2. The van der Waals surface area contributed by atoms with Crippen molar-refractivity contribution in [3.05, 3.63) is 215 Å². The smallest absolute Gasteiger partial charge is 0.329 e. The molecule has 7 unspecified atom stereocenters. The number of esters is 1. The number of morpholine rings is 1. The minimum Gasteiger partial charge on any atom is -0.497 e. The zero-order valence-corrected chi connectivity index (χ0v) is 41.9. The number of nitrogens with zero attached hydrogens (tertiary/aromatic N) is 6. The van der Waals surface area contributed by atoms with Crippen LogP contribution in [-0.2, 0) is 24.5 Å². The molecule has 76 heavy (non-hydrogen) atoms. The SMILES string of the molecule is COc1ccc(C#Cc2ccc3c(c2)C2(C(=O)N3C(=O)NC(C)c3ccccc3)C(C(=O)N3CCN(c4ncccn4)CC3)C3C(=O)OC(c4ccccc4)C(c4ccccc4)N3C2c2cccc(OCCO)c2)cc1. The third-order valence-electron chi connectivity index (χ3n) is 15.0. The van der Waals surface area contributed by atoms with E-state index in [2.05, 4.69) is 27.1 Å². The number of urea groups is 1. The Morgan fingerprint density at radius 3 is 2.07 bits per heavy atom. The van der Waals surface area contributed by atoms with Crippen LogP contribution >= 0.6 is 0 Å². The third-order valence-corrected chi connectivity index (χ3v) is 15.0. The van der Waals surface area contributed by atoms with Gasteiger partial charge in [-0.2, -0.15) is 0 Å². The standard InChI is InChI=1S/C61H55N7O8/c1-40(43-14-6-3-7-15-43)64-60(73)67-50-29-26-42(23-22-41-24-27-47(74-2)28-25-41)38-49(50)61(58(67)72)51(56(70)65-32-34-66(35-33-65)59-62-30-13-31-63-59)53-57(71)76-54(45-18-10-5-11-19-45)52(44-16-8-4-9-17-44)68(53)55(61)46-20-12-21-48(39-46)75-37-36-69/h3-21,24-31,38-40,51-55,69H,32-37H2,1-2H3,(H,64,73). The van der Waals surface area contributed by atoms with Crippen LogP contribution in [0.1, 0.15) is 70.1 Å². The Hall–Kier alpha value is -8.84. The number of nitrogens with one attached hydrogen (secondary N) is 1. The van der Waals surface area contributed by atoms with Gasteiger partial charge in [0.25, 0.3) is 0 Å². The molecule has 382 valence electrons. The molecule has 0 radical (unpaired) electrons. The van der Waals surface area contributed by atoms with Crippen molar-refractivity contribution in [3.8, 4) is 23.3 Å². The van der Waals surface area contributed by atoms with Crippen molar-refractivity contribution >= 4 is 35.5 Å². The van der Waals surface area contributed by atoms with Gasteiger partial charge in [0, 0.05) is 49.7 Å². The van der Waals surface area contributed by atoms with Gasteiger partial charge in [-0.1, -0.05) is 115 Å². The van der Waals surface area contributed by atoms with Gasteiger partial charge in [0.2, 0.25) is 17.8 Å². The summed E-state index contributed by atoms with van der Waals surface area (Å²) in [5.41, 5.74) is 2.55. The van der Waals surface area contributed by atoms with E-state index in [-0.39, 0.29) is 32.0 Å². The summed E-state index contributed by atoms with van der Waals surface area (Å²) in [6, 6.07) is 45.5. The maximum absolute atomic E-state index is 17.0. The highest BCUT2D eigenvalue weighted by Crippen LogP contribution is 2.66. The zero-order chi connectivity index (χ0) is 52.3. The van der Waals surface area contributed by atoms with E-state index in [9.17, 15) is 5.11 Å². The summed E-state index contributed by atoms with van der Waals surface area (Å²) in [7, 11) is 1.59. The fraction of sp³-hybridized carbons (Fsp3) is 0.246. The molecule has 11 rings (SSSR count). The summed E-state index contributed by atoms with van der Waals surface area (Å²) >= 11 is 0. The summed E-state index contributed by atoms with van der Waals surface area (Å²) < 4.78 is 18.2. The van der Waals surface area contributed by atoms with Crippen LogP contribution in [0.25, 0.3) is 0 Å². The lowest BCUT2D eigenvalue weighted by Crippen LogP contribution is -2.59. The van der Waals surface area contributed by atoms with Crippen LogP contribution in [0.3, 0.4) is 0 Å². The van der Waals surface area contributed by atoms with Crippen molar-refractivity contribution in [2.45, 2.75) is 42.6 Å². The number of aliphatic hydroxyl groups is 1. The average Bonchev–Trinajstić information content (AvgIpc) is 4.07. The van der Waals surface area contributed by atoms with E-state index in [1.165, 1.54) is 0 Å². The molecule has 4 amide bonds. The highest BCUT2D eigenvalue weighted by Gasteiger charge is 2.76. The third kappa shape index (κ3) is 8.95. The van der Waals surface area contributed by atoms with E-state index in [4.69, 9.17) is 14.2 Å². The number of ether oxygens (including phenoxy) is 3. The van der Waals surface area contributed by atoms with Crippen LogP contribution in [0, 0.1) is 17.8 Å². The largest absolute Gasteiger partial charge is 0.497 e. The first-order valence-electron chi connectivity index (χ1n) is 25.4. The van der Waals surface area contributed by atoms with Crippen LogP contribution in [0.2, 0.25) is 0 Å². The number of fused-ring (bicyclic) bond motifs is 3. The number of benzene rings is 6. The van der Waals surface area contributed by atoms with Crippen molar-refractivity contribution in [1.29, 1.82) is 0 Å². The molecule has 3 fully saturated rings. The Kier molecular flexibility index (Phi) is 13.8. The molecule has 15 nitrogen and oxygen atoms in total. The number of cyclic esters (lactones) is 1. The molecule has 3 saturated heterocycles. The first-order valence-corrected chi connectivity index (χ1v) is 25.4. The molecule has 15 heteroatoms. The van der Waals surface area contributed by atoms with Crippen LogP contribution in [0.15, 0.2) is 176 Å². The molecule has 0 aliphatic carbocycles. The van der Waals surface area contributed by atoms with Crippen molar-refractivity contribution < 1.29 is 38.5 Å². The molecule has 4 aliphatic rings. The molecule has 7 aromatic rings. The molecule has 4 aliphatic heterocycles. The second kappa shape index (κ2) is 21.2. The summed E-state index contributed by atoms with van der Waals surface area (Å²) in [6.07, 6.45) is 2.42. The Bertz CT molecular complexity index is 3310. The van der Waals surface area contributed by atoms with Crippen molar-refractivity contribution in [2.24, 2.45) is 5.92 Å². The minimum absolute atomic E-state index is 0.0205. The normalized spacial score (nSPS) is 22.2. The number of piperazine rings is 1. The topological polar surface area (TPSA) is 167 Å². The van der Waals surface area contributed by atoms with Gasteiger partial charge in [-0.3, -0.25) is 19.3 Å². The number of anilines is 2. The quantitative estimate of drug-likeness (QED) is 0.0958. The first kappa shape index (κ1) is 49.4. The molecule has 0 saturated carbocycles. The molecular formula is C61H55N7O8. The van der Waals surface area contributed by atoms with Gasteiger partial charge >= 0.3 is 12.0 Å². The second-order valence-corrected chi connectivity index (χ2v) is 19.2. The van der Waals surface area contributed by atoms with Crippen LogP contribution < -0.4 is 24.6 Å². The zero-order valence-electron chi connectivity index (χ0n) is 41.9. The Morgan fingerprint density at radius 2 is 1.38 bits per heavy atom. The molecule has 5 heterocycles. The number of hydrogen-bond acceptors (Lipinski definition) is 12. The number of hydrogen-bond donors (Lipinski definition) is 2. The molecule has 1 aromatic heterocycles. The van der Waals surface area contributed by atoms with E-state index in [1.807, 2.05) is 138 Å². The fourth-order valence-electron chi connectivity index (χ4n) is 11.6. The van der Waals surface area contributed by atoms with E-state index >= 15 is 19.2 Å². The molecule has 2 N–H and O–H groups in total. The minimum atomic E-state index is -2.03. The van der Waals surface area contributed by atoms with E-state index in [1.54, 1.807) is 66.9 Å². The predicted molar refractivity (Wildman–Crippen MR) is 284 cm³/mol. The molecule has 7 atom stereocenters. The number of imide groups is 1. The molecule has 0 bridgehead atoms. The summed E-state index contributed by atoms with van der Waals surface area (Å²) in [4.78, 5) is 80.4.